The first-order valence-corrected chi connectivity index (χ1v) is 10.4. The molecule has 0 unspecified atom stereocenters. The minimum Gasteiger partial charge on any atom is -0.335 e. The zero-order chi connectivity index (χ0) is 18.9. The Morgan fingerprint density at radius 3 is 2.27 bits per heavy atom. The van der Waals surface area contributed by atoms with Crippen LogP contribution < -0.4 is 0 Å². The van der Waals surface area contributed by atoms with E-state index in [1.165, 1.54) is 16.4 Å². The lowest BCUT2D eigenvalue weighted by atomic mass is 10.1. The van der Waals surface area contributed by atoms with E-state index in [1.54, 1.807) is 29.2 Å². The molecule has 10 heteroatoms. The van der Waals surface area contributed by atoms with Gasteiger partial charge in [0.1, 0.15) is 5.71 Å². The molecule has 0 atom stereocenters. The number of hydrazone groups is 1. The Morgan fingerprint density at radius 2 is 1.69 bits per heavy atom. The summed E-state index contributed by atoms with van der Waals surface area (Å²) in [4.78, 5) is 25.8. The molecule has 0 bridgehead atoms. The zero-order valence-corrected chi connectivity index (χ0v) is 16.7. The Morgan fingerprint density at radius 1 is 1.08 bits per heavy atom. The Kier molecular flexibility index (Phi) is 5.44. The van der Waals surface area contributed by atoms with Gasteiger partial charge in [-0.3, -0.25) is 9.59 Å². The van der Waals surface area contributed by atoms with Crippen molar-refractivity contribution in [2.24, 2.45) is 5.10 Å². The molecular formula is C16H19BrN4O4S. The van der Waals surface area contributed by atoms with Gasteiger partial charge in [-0.15, -0.1) is 0 Å². The maximum absolute atomic E-state index is 12.7. The second kappa shape index (κ2) is 7.45. The number of rotatable bonds is 3. The maximum Gasteiger partial charge on any atom is 0.270 e. The molecule has 1 saturated heterocycles. The molecule has 2 heterocycles. The molecule has 8 nitrogen and oxygen atoms in total. The molecule has 3 rings (SSSR count). The predicted molar refractivity (Wildman–Crippen MR) is 98.9 cm³/mol. The first kappa shape index (κ1) is 19.0. The van der Waals surface area contributed by atoms with Crippen LogP contribution in [-0.2, 0) is 19.6 Å². The number of amides is 2. The molecular weight excluding hydrogens is 424 g/mol. The fourth-order valence-electron chi connectivity index (χ4n) is 2.89. The van der Waals surface area contributed by atoms with Crippen molar-refractivity contribution < 1.29 is 18.0 Å². The Balaban J connectivity index is 1.65. The molecule has 1 aromatic rings. The summed E-state index contributed by atoms with van der Waals surface area (Å²) in [7, 11) is -2.05. The van der Waals surface area contributed by atoms with Gasteiger partial charge in [-0.25, -0.2) is 13.4 Å². The number of hydrogen-bond donors (Lipinski definition) is 0. The van der Waals surface area contributed by atoms with E-state index in [4.69, 9.17) is 0 Å². The van der Waals surface area contributed by atoms with Crippen molar-refractivity contribution in [3.8, 4) is 0 Å². The van der Waals surface area contributed by atoms with Gasteiger partial charge >= 0.3 is 0 Å². The predicted octanol–water partition coefficient (Wildman–Crippen LogP) is 0.890. The van der Waals surface area contributed by atoms with Crippen LogP contribution in [0.3, 0.4) is 0 Å². The van der Waals surface area contributed by atoms with Crippen molar-refractivity contribution in [3.63, 3.8) is 0 Å². The van der Waals surface area contributed by atoms with E-state index in [-0.39, 0.29) is 36.2 Å². The molecule has 0 radical (unpaired) electrons. The summed E-state index contributed by atoms with van der Waals surface area (Å²) >= 11 is 3.29. The van der Waals surface area contributed by atoms with Crippen LogP contribution in [0.1, 0.15) is 12.8 Å². The van der Waals surface area contributed by atoms with Crippen molar-refractivity contribution in [1.29, 1.82) is 0 Å². The largest absolute Gasteiger partial charge is 0.335 e. The van der Waals surface area contributed by atoms with Gasteiger partial charge in [0.15, 0.2) is 0 Å². The van der Waals surface area contributed by atoms with E-state index in [0.29, 0.717) is 25.2 Å². The van der Waals surface area contributed by atoms with Crippen LogP contribution in [0.4, 0.5) is 0 Å². The third-order valence-electron chi connectivity index (χ3n) is 4.43. The van der Waals surface area contributed by atoms with Gasteiger partial charge in [0.2, 0.25) is 15.9 Å². The van der Waals surface area contributed by atoms with E-state index < -0.39 is 10.0 Å². The minimum atomic E-state index is -3.58. The minimum absolute atomic E-state index is 0.119. The van der Waals surface area contributed by atoms with E-state index in [1.807, 2.05) is 0 Å². The number of benzene rings is 1. The molecule has 2 aliphatic heterocycles. The number of nitrogens with zero attached hydrogens (tertiary/aromatic N) is 4. The van der Waals surface area contributed by atoms with E-state index in [9.17, 15) is 18.0 Å². The molecule has 1 fully saturated rings. The Hall–Kier alpha value is -1.78. The molecule has 0 N–H and O–H groups in total. The van der Waals surface area contributed by atoms with Crippen molar-refractivity contribution >= 4 is 43.5 Å². The number of carbonyl (C=O) groups excluding carboxylic acids is 2. The van der Waals surface area contributed by atoms with Gasteiger partial charge in [0.05, 0.1) is 4.90 Å². The van der Waals surface area contributed by atoms with Crippen LogP contribution in [0, 0.1) is 0 Å². The van der Waals surface area contributed by atoms with Gasteiger partial charge in [-0.2, -0.15) is 9.41 Å². The Labute approximate surface area is 160 Å². The van der Waals surface area contributed by atoms with Crippen LogP contribution in [0.15, 0.2) is 38.7 Å². The molecule has 0 saturated carbocycles. The summed E-state index contributed by atoms with van der Waals surface area (Å²) in [6, 6.07) is 6.48. The van der Waals surface area contributed by atoms with Gasteiger partial charge in [0, 0.05) is 50.5 Å². The lowest BCUT2D eigenvalue weighted by Crippen LogP contribution is -2.52. The van der Waals surface area contributed by atoms with Crippen molar-refractivity contribution in [2.45, 2.75) is 17.7 Å². The highest BCUT2D eigenvalue weighted by atomic mass is 79.9. The van der Waals surface area contributed by atoms with Gasteiger partial charge < -0.3 is 4.90 Å². The molecule has 0 aliphatic carbocycles. The topological polar surface area (TPSA) is 90.4 Å². The normalized spacial score (nSPS) is 19.5. The fraction of sp³-hybridized carbons (Fsp3) is 0.438. The zero-order valence-electron chi connectivity index (χ0n) is 14.3. The fourth-order valence-corrected chi connectivity index (χ4v) is 4.58. The third kappa shape index (κ3) is 3.81. The van der Waals surface area contributed by atoms with Crippen molar-refractivity contribution in [2.75, 3.05) is 33.2 Å². The summed E-state index contributed by atoms with van der Waals surface area (Å²) in [5, 5.41) is 5.22. The summed E-state index contributed by atoms with van der Waals surface area (Å²) in [6.07, 6.45) is 0.582. The van der Waals surface area contributed by atoms with Crippen molar-refractivity contribution in [3.05, 3.63) is 28.7 Å². The van der Waals surface area contributed by atoms with Crippen molar-refractivity contribution in [1.82, 2.24) is 14.2 Å². The number of halogens is 1. The van der Waals surface area contributed by atoms with E-state index >= 15 is 0 Å². The number of hydrogen-bond acceptors (Lipinski definition) is 5. The average Bonchev–Trinajstić information content (AvgIpc) is 2.64. The molecule has 26 heavy (non-hydrogen) atoms. The molecule has 2 amide bonds. The highest BCUT2D eigenvalue weighted by Crippen LogP contribution is 2.20. The smallest absolute Gasteiger partial charge is 0.270 e. The first-order chi connectivity index (χ1) is 12.3. The average molecular weight is 443 g/mol. The number of carbonyl (C=O) groups is 2. The lowest BCUT2D eigenvalue weighted by Gasteiger charge is -2.34. The first-order valence-electron chi connectivity index (χ1n) is 8.18. The molecule has 1 aromatic carbocycles. The maximum atomic E-state index is 12.7. The molecule has 0 aromatic heterocycles. The van der Waals surface area contributed by atoms with Crippen LogP contribution >= 0.6 is 15.9 Å². The standard InChI is InChI=1S/C16H19BrN4O4S/c1-19-15(22)7-6-14(18-19)16(23)20-8-10-21(11-9-20)26(24,25)13-4-2-12(17)3-5-13/h2-5H,6-11H2,1H3. The van der Waals surface area contributed by atoms with Gasteiger partial charge in [-0.1, -0.05) is 15.9 Å². The highest BCUT2D eigenvalue weighted by Gasteiger charge is 2.32. The number of sulfonamides is 1. The third-order valence-corrected chi connectivity index (χ3v) is 6.87. The van der Waals surface area contributed by atoms with Crippen LogP contribution in [0.5, 0.6) is 0 Å². The summed E-state index contributed by atoms with van der Waals surface area (Å²) in [6.45, 7) is 1.05. The SMILES string of the molecule is CN1N=C(C(=O)N2CCN(S(=O)(=O)c3ccc(Br)cc3)CC2)CCC1=O. The van der Waals surface area contributed by atoms with Crippen LogP contribution in [0.2, 0.25) is 0 Å². The second-order valence-corrected chi connectivity index (χ2v) is 8.97. The second-order valence-electron chi connectivity index (χ2n) is 6.11. The van der Waals surface area contributed by atoms with E-state index in [0.717, 1.165) is 4.47 Å². The van der Waals surface area contributed by atoms with Gasteiger partial charge in [0.25, 0.3) is 5.91 Å². The highest BCUT2D eigenvalue weighted by molar-refractivity contribution is 9.10. The quantitative estimate of drug-likeness (QED) is 0.694. The summed E-state index contributed by atoms with van der Waals surface area (Å²) in [5.41, 5.74) is 0.344. The molecule has 2 aliphatic rings. The summed E-state index contributed by atoms with van der Waals surface area (Å²) in [5.74, 6) is -0.350. The summed E-state index contributed by atoms with van der Waals surface area (Å²) < 4.78 is 27.6. The van der Waals surface area contributed by atoms with Crippen LogP contribution in [0.25, 0.3) is 0 Å². The molecule has 0 spiro atoms. The van der Waals surface area contributed by atoms with Gasteiger partial charge in [-0.05, 0) is 24.3 Å². The number of piperazine rings is 1. The van der Waals surface area contributed by atoms with E-state index in [2.05, 4.69) is 21.0 Å². The monoisotopic (exact) mass is 442 g/mol. The Bertz CT molecular complexity index is 846. The van der Waals surface area contributed by atoms with Crippen LogP contribution in [-0.4, -0.2) is 73.4 Å². The lowest BCUT2D eigenvalue weighted by molar-refractivity contribution is -0.130. The molecule has 140 valence electrons.